The summed E-state index contributed by atoms with van der Waals surface area (Å²) in [4.78, 5) is 15.4. The molecule has 1 aromatic heterocycles. The molecule has 0 atom stereocenters. The van der Waals surface area contributed by atoms with Crippen LogP contribution in [0, 0.1) is 0 Å². The van der Waals surface area contributed by atoms with Gasteiger partial charge in [0.2, 0.25) is 11.8 Å². The summed E-state index contributed by atoms with van der Waals surface area (Å²) in [6, 6.07) is 9.31. The van der Waals surface area contributed by atoms with Crippen molar-refractivity contribution in [2.24, 2.45) is 0 Å². The summed E-state index contributed by atoms with van der Waals surface area (Å²) in [6.07, 6.45) is 2.95. The molecule has 0 unspecified atom stereocenters. The van der Waals surface area contributed by atoms with E-state index < -0.39 is 0 Å². The van der Waals surface area contributed by atoms with Crippen molar-refractivity contribution in [3.63, 3.8) is 0 Å². The summed E-state index contributed by atoms with van der Waals surface area (Å²) >= 11 is 3.33. The number of ether oxygens (including phenoxy) is 1. The Hall–Kier alpha value is -1.88. The second-order valence-corrected chi connectivity index (χ2v) is 5.20. The topological polar surface area (TPSA) is 51.2 Å². The Morgan fingerprint density at radius 1 is 1.21 bits per heavy atom. The molecule has 2 heterocycles. The number of hydrogen-bond donors (Lipinski definition) is 1. The monoisotopic (exact) mass is 318 g/mol. The Labute approximate surface area is 118 Å². The van der Waals surface area contributed by atoms with E-state index in [1.807, 2.05) is 24.3 Å². The van der Waals surface area contributed by atoms with Gasteiger partial charge in [0, 0.05) is 28.8 Å². The zero-order valence-corrected chi connectivity index (χ0v) is 11.6. The van der Waals surface area contributed by atoms with Gasteiger partial charge in [0.05, 0.1) is 0 Å². The Balaban J connectivity index is 1.82. The van der Waals surface area contributed by atoms with E-state index in [9.17, 15) is 4.79 Å². The van der Waals surface area contributed by atoms with Gasteiger partial charge in [-0.1, -0.05) is 0 Å². The fourth-order valence-corrected chi connectivity index (χ4v) is 2.20. The number of pyridine rings is 1. The second-order valence-electron chi connectivity index (χ2n) is 4.28. The average molecular weight is 319 g/mol. The SMILES string of the molecule is O=C1CCc2cc(Oc3ccc(Br)cn3)ccc2N1. The first-order valence-corrected chi connectivity index (χ1v) is 6.72. The number of nitrogens with one attached hydrogen (secondary N) is 1. The number of aromatic nitrogens is 1. The fraction of sp³-hybridized carbons (Fsp3) is 0.143. The molecule has 19 heavy (non-hydrogen) atoms. The molecule has 1 aliphatic heterocycles. The van der Waals surface area contributed by atoms with Crippen molar-refractivity contribution in [2.45, 2.75) is 12.8 Å². The van der Waals surface area contributed by atoms with Gasteiger partial charge in [-0.05, 0) is 52.2 Å². The molecule has 2 aromatic rings. The summed E-state index contributed by atoms with van der Waals surface area (Å²) < 4.78 is 6.59. The molecule has 0 fully saturated rings. The smallest absolute Gasteiger partial charge is 0.224 e. The van der Waals surface area contributed by atoms with Crippen molar-refractivity contribution in [2.75, 3.05) is 5.32 Å². The van der Waals surface area contributed by atoms with E-state index in [0.29, 0.717) is 12.3 Å². The number of amides is 1. The van der Waals surface area contributed by atoms with E-state index in [2.05, 4.69) is 26.2 Å². The molecular weight excluding hydrogens is 308 g/mol. The molecule has 1 aromatic carbocycles. The van der Waals surface area contributed by atoms with E-state index >= 15 is 0 Å². The standard InChI is InChI=1S/C14H11BrN2O2/c15-10-2-6-14(16-8-10)19-11-3-4-12-9(7-11)1-5-13(18)17-12/h2-4,6-8H,1,5H2,(H,17,18). The minimum atomic E-state index is 0.0655. The number of hydrogen-bond acceptors (Lipinski definition) is 3. The summed E-state index contributed by atoms with van der Waals surface area (Å²) in [5.41, 5.74) is 1.96. The lowest BCUT2D eigenvalue weighted by Gasteiger charge is -2.17. The zero-order chi connectivity index (χ0) is 13.2. The van der Waals surface area contributed by atoms with Crippen LogP contribution in [0.25, 0.3) is 0 Å². The first-order chi connectivity index (χ1) is 9.20. The van der Waals surface area contributed by atoms with Crippen LogP contribution in [0.4, 0.5) is 5.69 Å². The van der Waals surface area contributed by atoms with E-state index in [-0.39, 0.29) is 5.91 Å². The van der Waals surface area contributed by atoms with Crippen molar-refractivity contribution in [3.8, 4) is 11.6 Å². The molecule has 0 saturated heterocycles. The molecular formula is C14H11BrN2O2. The number of carbonyl (C=O) groups is 1. The van der Waals surface area contributed by atoms with E-state index in [4.69, 9.17) is 4.74 Å². The maximum atomic E-state index is 11.3. The molecule has 1 amide bonds. The Kier molecular flexibility index (Phi) is 3.21. The predicted molar refractivity (Wildman–Crippen MR) is 75.4 cm³/mol. The second kappa shape index (κ2) is 5.01. The molecule has 4 nitrogen and oxygen atoms in total. The molecule has 0 aliphatic carbocycles. The third-order valence-electron chi connectivity index (χ3n) is 2.89. The summed E-state index contributed by atoms with van der Waals surface area (Å²) in [5, 5.41) is 2.84. The molecule has 5 heteroatoms. The van der Waals surface area contributed by atoms with E-state index in [0.717, 1.165) is 27.9 Å². The van der Waals surface area contributed by atoms with Gasteiger partial charge in [0.15, 0.2) is 0 Å². The van der Waals surface area contributed by atoms with Crippen molar-refractivity contribution >= 4 is 27.5 Å². The highest BCUT2D eigenvalue weighted by Crippen LogP contribution is 2.29. The van der Waals surface area contributed by atoms with Gasteiger partial charge < -0.3 is 10.1 Å². The maximum Gasteiger partial charge on any atom is 0.224 e. The van der Waals surface area contributed by atoms with E-state index in [1.54, 1.807) is 12.3 Å². The van der Waals surface area contributed by atoms with Crippen LogP contribution < -0.4 is 10.1 Å². The molecule has 1 aliphatic rings. The van der Waals surface area contributed by atoms with Gasteiger partial charge in [-0.3, -0.25) is 4.79 Å². The average Bonchev–Trinajstić information content (AvgIpc) is 2.42. The van der Waals surface area contributed by atoms with Crippen molar-refractivity contribution in [3.05, 3.63) is 46.6 Å². The highest BCUT2D eigenvalue weighted by atomic mass is 79.9. The van der Waals surface area contributed by atoms with E-state index in [1.165, 1.54) is 0 Å². The fourth-order valence-electron chi connectivity index (χ4n) is 1.97. The van der Waals surface area contributed by atoms with Crippen LogP contribution in [-0.4, -0.2) is 10.9 Å². The third-order valence-corrected chi connectivity index (χ3v) is 3.36. The van der Waals surface area contributed by atoms with Crippen molar-refractivity contribution in [1.82, 2.24) is 4.98 Å². The lowest BCUT2D eigenvalue weighted by Crippen LogP contribution is -2.18. The van der Waals surface area contributed by atoms with Crippen LogP contribution in [-0.2, 0) is 11.2 Å². The lowest BCUT2D eigenvalue weighted by atomic mass is 10.0. The summed E-state index contributed by atoms with van der Waals surface area (Å²) in [6.45, 7) is 0. The number of nitrogens with zero attached hydrogens (tertiary/aromatic N) is 1. The third kappa shape index (κ3) is 2.76. The number of anilines is 1. The van der Waals surface area contributed by atoms with Gasteiger partial charge in [0.1, 0.15) is 5.75 Å². The number of rotatable bonds is 2. The summed E-state index contributed by atoms with van der Waals surface area (Å²) in [7, 11) is 0. The van der Waals surface area contributed by atoms with Crippen LogP contribution in [0.15, 0.2) is 41.0 Å². The van der Waals surface area contributed by atoms with Gasteiger partial charge in [-0.15, -0.1) is 0 Å². The van der Waals surface area contributed by atoms with Crippen molar-refractivity contribution < 1.29 is 9.53 Å². The minimum absolute atomic E-state index is 0.0655. The first kappa shape index (κ1) is 12.2. The predicted octanol–water partition coefficient (Wildman–Crippen LogP) is 3.52. The normalized spacial score (nSPS) is 13.6. The number of aryl methyl sites for hydroxylation is 1. The van der Waals surface area contributed by atoms with Crippen molar-refractivity contribution in [1.29, 1.82) is 0 Å². The number of fused-ring (bicyclic) bond motifs is 1. The van der Waals surface area contributed by atoms with Gasteiger partial charge in [-0.2, -0.15) is 0 Å². The molecule has 1 N–H and O–H groups in total. The maximum absolute atomic E-state index is 11.3. The molecule has 0 bridgehead atoms. The Morgan fingerprint density at radius 2 is 2.11 bits per heavy atom. The minimum Gasteiger partial charge on any atom is -0.439 e. The quantitative estimate of drug-likeness (QED) is 0.921. The highest BCUT2D eigenvalue weighted by molar-refractivity contribution is 9.10. The lowest BCUT2D eigenvalue weighted by molar-refractivity contribution is -0.116. The number of halogens is 1. The van der Waals surface area contributed by atoms with Gasteiger partial charge >= 0.3 is 0 Å². The largest absolute Gasteiger partial charge is 0.439 e. The van der Waals surface area contributed by atoms with Crippen LogP contribution >= 0.6 is 15.9 Å². The molecule has 96 valence electrons. The molecule has 3 rings (SSSR count). The van der Waals surface area contributed by atoms with Crippen LogP contribution in [0.3, 0.4) is 0 Å². The molecule has 0 saturated carbocycles. The Bertz CT molecular complexity index is 626. The van der Waals surface area contributed by atoms with Gasteiger partial charge in [-0.25, -0.2) is 4.98 Å². The zero-order valence-electron chi connectivity index (χ0n) is 10.0. The Morgan fingerprint density at radius 3 is 2.89 bits per heavy atom. The van der Waals surface area contributed by atoms with Crippen LogP contribution in [0.1, 0.15) is 12.0 Å². The summed E-state index contributed by atoms with van der Waals surface area (Å²) in [5.74, 6) is 1.34. The number of carbonyl (C=O) groups excluding carboxylic acids is 1. The van der Waals surface area contributed by atoms with Crippen LogP contribution in [0.5, 0.6) is 11.6 Å². The van der Waals surface area contributed by atoms with Crippen LogP contribution in [0.2, 0.25) is 0 Å². The molecule has 0 spiro atoms. The molecule has 0 radical (unpaired) electrons. The first-order valence-electron chi connectivity index (χ1n) is 5.93. The highest BCUT2D eigenvalue weighted by Gasteiger charge is 2.15. The van der Waals surface area contributed by atoms with Gasteiger partial charge in [0.25, 0.3) is 0 Å². The number of benzene rings is 1.